The van der Waals surface area contributed by atoms with Crippen LogP contribution in [0.25, 0.3) is 11.1 Å². The van der Waals surface area contributed by atoms with Crippen LogP contribution in [0, 0.1) is 17.8 Å². The highest BCUT2D eigenvalue weighted by atomic mass is 17.2. The van der Waals surface area contributed by atoms with E-state index in [2.05, 4.69) is 37.4 Å². The van der Waals surface area contributed by atoms with E-state index in [1.165, 1.54) is 23.3 Å². The predicted molar refractivity (Wildman–Crippen MR) is 169 cm³/mol. The number of carbonyl (C=O) groups excluding carboxylic acids is 3. The summed E-state index contributed by atoms with van der Waals surface area (Å²) in [5.74, 6) is -2.84. The van der Waals surface area contributed by atoms with Gasteiger partial charge in [0.05, 0.1) is 24.1 Å². The second-order valence-electron chi connectivity index (χ2n) is 10.8. The number of β-lactam (4-membered cyclic amide) rings is 1. The number of benzene rings is 2. The molecule has 0 saturated carbocycles. The third-order valence-electron chi connectivity index (χ3n) is 8.05. The van der Waals surface area contributed by atoms with Gasteiger partial charge in [0.15, 0.2) is 12.7 Å². The summed E-state index contributed by atoms with van der Waals surface area (Å²) in [5, 5.41) is 0. The van der Waals surface area contributed by atoms with Crippen molar-refractivity contribution in [3.8, 4) is 16.9 Å². The van der Waals surface area contributed by atoms with Gasteiger partial charge in [0.1, 0.15) is 37.5 Å². The fraction of sp³-hybridized carbons (Fsp3) is 0.314. The highest BCUT2D eigenvalue weighted by Gasteiger charge is 2.61. The first kappa shape index (κ1) is 32.9. The Morgan fingerprint density at radius 1 is 1.09 bits per heavy atom. The average molecular weight is 615 g/mol. The van der Waals surface area contributed by atoms with Gasteiger partial charge in [-0.2, -0.15) is 4.89 Å². The Kier molecular flexibility index (Phi) is 11.1. The Hall–Kier alpha value is -4.96. The Morgan fingerprint density at radius 3 is 2.49 bits per heavy atom. The number of nitrogens with zero attached hydrogens (tertiary/aromatic N) is 2. The molecule has 3 unspecified atom stereocenters. The molecule has 4 atom stereocenters. The highest BCUT2D eigenvalue weighted by molar-refractivity contribution is 6.02. The van der Waals surface area contributed by atoms with Crippen molar-refractivity contribution in [1.29, 1.82) is 0 Å². The van der Waals surface area contributed by atoms with Crippen LogP contribution in [0.3, 0.4) is 0 Å². The normalized spacial score (nSPS) is 20.0. The van der Waals surface area contributed by atoms with Crippen LogP contribution in [-0.4, -0.2) is 59.4 Å². The molecule has 10 nitrogen and oxygen atoms in total. The first-order valence-corrected chi connectivity index (χ1v) is 14.8. The zero-order valence-corrected chi connectivity index (χ0v) is 25.9. The van der Waals surface area contributed by atoms with Gasteiger partial charge in [-0.3, -0.25) is 9.68 Å². The third-order valence-corrected chi connectivity index (χ3v) is 8.05. The number of carbonyl (C=O) groups is 3. The van der Waals surface area contributed by atoms with Crippen LogP contribution < -0.4 is 10.5 Å². The second kappa shape index (κ2) is 15.2. The zero-order valence-electron chi connectivity index (χ0n) is 25.9. The molecule has 0 aromatic heterocycles. The highest BCUT2D eigenvalue weighted by Crippen LogP contribution is 2.49. The first-order valence-electron chi connectivity index (χ1n) is 14.8. The molecule has 2 aliphatic heterocycles. The minimum absolute atomic E-state index is 0.0103. The summed E-state index contributed by atoms with van der Waals surface area (Å²) in [6.07, 6.45) is 8.18. The van der Waals surface area contributed by atoms with Crippen LogP contribution in [0.2, 0.25) is 0 Å². The third kappa shape index (κ3) is 7.24. The van der Waals surface area contributed by atoms with E-state index in [1.54, 1.807) is 6.92 Å². The molecule has 45 heavy (non-hydrogen) atoms. The fourth-order valence-electron chi connectivity index (χ4n) is 5.69. The minimum atomic E-state index is -0.792. The van der Waals surface area contributed by atoms with Crippen molar-refractivity contribution >= 4 is 24.1 Å². The average Bonchev–Trinajstić information content (AvgIpc) is 3.30. The molecule has 10 heteroatoms. The molecular formula is C35H40N3O7+. The van der Waals surface area contributed by atoms with Crippen LogP contribution in [0.1, 0.15) is 26.3 Å². The maximum atomic E-state index is 13.4. The SMILES string of the molecule is C=CCOOC(=O)C(C)C1C(=O)N2C(C(=O)OCC=C)=C(COc3cccc(-c4ccc(C[N+](=CC)/C=C\N)cc4)c3)[C@H](C)C12. The smallest absolute Gasteiger partial charge is 0.355 e. The number of rotatable bonds is 15. The monoisotopic (exact) mass is 614 g/mol. The summed E-state index contributed by atoms with van der Waals surface area (Å²) in [6, 6.07) is 15.5. The van der Waals surface area contributed by atoms with Crippen LogP contribution in [0.4, 0.5) is 0 Å². The van der Waals surface area contributed by atoms with Crippen molar-refractivity contribution in [2.45, 2.75) is 33.4 Å². The Labute approximate surface area is 263 Å². The number of hydrogen-bond donors (Lipinski definition) is 1. The number of nitrogens with two attached hydrogens (primary N) is 1. The van der Waals surface area contributed by atoms with Crippen molar-refractivity contribution in [2.75, 3.05) is 19.8 Å². The molecule has 4 rings (SSSR count). The van der Waals surface area contributed by atoms with Crippen LogP contribution in [-0.2, 0) is 35.4 Å². The Balaban J connectivity index is 1.52. The van der Waals surface area contributed by atoms with Crippen molar-refractivity contribution in [3.63, 3.8) is 0 Å². The molecule has 1 amide bonds. The first-order chi connectivity index (χ1) is 21.7. The quantitative estimate of drug-likeness (QED) is 0.0455. The van der Waals surface area contributed by atoms with Gasteiger partial charge in [0.2, 0.25) is 5.91 Å². The van der Waals surface area contributed by atoms with Gasteiger partial charge in [0, 0.05) is 24.0 Å². The molecule has 2 aromatic rings. The maximum Gasteiger partial charge on any atom is 0.355 e. The number of fused-ring (bicyclic) bond motifs is 1. The van der Waals surface area contributed by atoms with Gasteiger partial charge < -0.3 is 20.1 Å². The van der Waals surface area contributed by atoms with Crippen molar-refractivity contribution in [2.24, 2.45) is 23.5 Å². The molecule has 0 bridgehead atoms. The van der Waals surface area contributed by atoms with E-state index in [4.69, 9.17) is 25.0 Å². The van der Waals surface area contributed by atoms with E-state index in [1.807, 2.05) is 55.1 Å². The van der Waals surface area contributed by atoms with E-state index in [0.717, 1.165) is 16.7 Å². The molecule has 0 spiro atoms. The molecule has 2 N–H and O–H groups in total. The molecule has 1 saturated heterocycles. The second-order valence-corrected chi connectivity index (χ2v) is 10.8. The van der Waals surface area contributed by atoms with Crippen LogP contribution >= 0.6 is 0 Å². The molecule has 236 valence electrons. The van der Waals surface area contributed by atoms with Crippen molar-refractivity contribution in [1.82, 2.24) is 4.90 Å². The lowest BCUT2D eigenvalue weighted by molar-refractivity contribution is -0.469. The topological polar surface area (TPSA) is 120 Å². The summed E-state index contributed by atoms with van der Waals surface area (Å²) in [4.78, 5) is 50.2. The Bertz CT molecular complexity index is 1530. The summed E-state index contributed by atoms with van der Waals surface area (Å²) in [7, 11) is 0. The standard InChI is InChI=1S/C35H40N3O7/c1-6-18-42-35(41)32-29(23(4)31-30(33(39)38(31)32)24(5)34(40)45-44-19-7-2)22-43-28-11-9-10-27(20-28)26-14-12-25(13-15-26)21-37(8-3)17-16-36/h6-17,20,23-24,30-31H,1-2,18-19,21-22,36H2,3-5H3/q+1/b17-16-,37-8?/t23-,24?,30?,31?/m0/s1. The van der Waals surface area contributed by atoms with Crippen LogP contribution in [0.15, 0.2) is 97.5 Å². The molecule has 0 radical (unpaired) electrons. The van der Waals surface area contributed by atoms with E-state index in [9.17, 15) is 14.4 Å². The Morgan fingerprint density at radius 2 is 1.82 bits per heavy atom. The number of hydrogen-bond acceptors (Lipinski definition) is 8. The van der Waals surface area contributed by atoms with Gasteiger partial charge >= 0.3 is 11.9 Å². The fourth-order valence-corrected chi connectivity index (χ4v) is 5.69. The molecule has 2 aliphatic rings. The van der Waals surface area contributed by atoms with Crippen molar-refractivity contribution < 1.29 is 38.2 Å². The molecule has 2 heterocycles. The van der Waals surface area contributed by atoms with Gasteiger partial charge in [-0.05, 0) is 23.3 Å². The van der Waals surface area contributed by atoms with Gasteiger partial charge in [-0.1, -0.05) is 69.0 Å². The lowest BCUT2D eigenvalue weighted by Gasteiger charge is -2.47. The molecule has 1 fully saturated rings. The summed E-state index contributed by atoms with van der Waals surface area (Å²) in [6.45, 7) is 13.4. The summed E-state index contributed by atoms with van der Waals surface area (Å²) < 4.78 is 13.6. The van der Waals surface area contributed by atoms with Crippen LogP contribution in [0.5, 0.6) is 5.75 Å². The molecular weight excluding hydrogens is 574 g/mol. The largest absolute Gasteiger partial charge is 0.489 e. The molecule has 2 aromatic carbocycles. The van der Waals surface area contributed by atoms with E-state index in [-0.39, 0.29) is 37.3 Å². The van der Waals surface area contributed by atoms with Gasteiger partial charge in [-0.25, -0.2) is 14.2 Å². The summed E-state index contributed by atoms with van der Waals surface area (Å²) in [5.41, 5.74) is 9.41. The van der Waals surface area contributed by atoms with E-state index >= 15 is 0 Å². The number of esters is 1. The summed E-state index contributed by atoms with van der Waals surface area (Å²) >= 11 is 0. The molecule has 0 aliphatic carbocycles. The van der Waals surface area contributed by atoms with Gasteiger partial charge in [-0.15, -0.1) is 6.58 Å². The van der Waals surface area contributed by atoms with Crippen molar-refractivity contribution in [3.05, 3.63) is 103 Å². The maximum absolute atomic E-state index is 13.4. The van der Waals surface area contributed by atoms with E-state index < -0.39 is 29.8 Å². The number of ether oxygens (including phenoxy) is 2. The lowest BCUT2D eigenvalue weighted by atomic mass is 9.74. The predicted octanol–water partition coefficient (Wildman–Crippen LogP) is 4.52. The number of amides is 1. The lowest BCUT2D eigenvalue weighted by Crippen LogP contribution is -2.63. The zero-order chi connectivity index (χ0) is 32.5. The van der Waals surface area contributed by atoms with Gasteiger partial charge in [0.25, 0.3) is 0 Å². The minimum Gasteiger partial charge on any atom is -0.489 e. The van der Waals surface area contributed by atoms with E-state index in [0.29, 0.717) is 17.9 Å².